The minimum Gasteiger partial charge on any atom is -1.00 e. The van der Waals surface area contributed by atoms with E-state index in [1.54, 1.807) is 0 Å². The van der Waals surface area contributed by atoms with Crippen LogP contribution in [0.2, 0.25) is 0 Å². The molecule has 2 radical (unpaired) electrons. The average molecular weight is 138 g/mol. The predicted molar refractivity (Wildman–Crippen MR) is 47.2 cm³/mol. The molecule has 0 heterocycles. The van der Waals surface area contributed by atoms with Crippen molar-refractivity contribution < 1.29 is 20.3 Å². The maximum atomic E-state index is 5.75. The Balaban J connectivity index is 0. The van der Waals surface area contributed by atoms with Crippen molar-refractivity contribution in [1.82, 2.24) is 0 Å². The maximum absolute atomic E-state index is 5.75. The van der Waals surface area contributed by atoms with E-state index in [1.165, 1.54) is 16.7 Å². The van der Waals surface area contributed by atoms with E-state index in [2.05, 4.69) is 19.1 Å². The molecule has 0 amide bonds. The standard InChI is InChI=1S/C9H11B.Li.H/c1-6-4-7(2)9(10)8(3)5-6;;/h4-5H,1-3H3;;/q;+1;-1. The summed E-state index contributed by atoms with van der Waals surface area (Å²) in [6, 6.07) is 4.20. The van der Waals surface area contributed by atoms with Gasteiger partial charge in [0.1, 0.15) is 7.85 Å². The van der Waals surface area contributed by atoms with Gasteiger partial charge in [-0.1, -0.05) is 34.3 Å². The molecule has 52 valence electrons. The van der Waals surface area contributed by atoms with Crippen LogP contribution in [-0.4, -0.2) is 7.85 Å². The fraction of sp³-hybridized carbons (Fsp3) is 0.333. The zero-order chi connectivity index (χ0) is 7.72. The SMILES string of the molecule is [B]c1c(C)cc(C)cc1C.[H-].[Li+]. The summed E-state index contributed by atoms with van der Waals surface area (Å²) in [7, 11) is 5.75. The minimum absolute atomic E-state index is 0. The van der Waals surface area contributed by atoms with Gasteiger partial charge in [0, 0.05) is 0 Å². The molecule has 0 saturated heterocycles. The van der Waals surface area contributed by atoms with Crippen LogP contribution in [0.15, 0.2) is 12.1 Å². The number of hydrogen-bond acceptors (Lipinski definition) is 0. The third-order valence-electron chi connectivity index (χ3n) is 1.74. The first kappa shape index (κ1) is 10.9. The Hall–Kier alpha value is -0.118. The van der Waals surface area contributed by atoms with Gasteiger partial charge in [-0.05, 0) is 20.8 Å². The average Bonchev–Trinajstić information content (AvgIpc) is 1.82. The minimum atomic E-state index is 0. The van der Waals surface area contributed by atoms with Crippen molar-refractivity contribution >= 4 is 13.3 Å². The summed E-state index contributed by atoms with van der Waals surface area (Å²) in [4.78, 5) is 0. The molecule has 1 aromatic carbocycles. The van der Waals surface area contributed by atoms with Gasteiger partial charge in [-0.25, -0.2) is 0 Å². The fourth-order valence-electron chi connectivity index (χ4n) is 1.19. The van der Waals surface area contributed by atoms with Crippen LogP contribution in [0.25, 0.3) is 0 Å². The van der Waals surface area contributed by atoms with Crippen molar-refractivity contribution in [2.24, 2.45) is 0 Å². The van der Waals surface area contributed by atoms with Gasteiger partial charge in [0.15, 0.2) is 0 Å². The van der Waals surface area contributed by atoms with Gasteiger partial charge in [0.2, 0.25) is 0 Å². The van der Waals surface area contributed by atoms with Crippen LogP contribution in [-0.2, 0) is 0 Å². The monoisotopic (exact) mass is 138 g/mol. The molecule has 0 nitrogen and oxygen atoms in total. The molecule has 0 fully saturated rings. The second-order valence-electron chi connectivity index (χ2n) is 2.81. The summed E-state index contributed by atoms with van der Waals surface area (Å²) in [6.45, 7) is 6.16. The third kappa shape index (κ3) is 2.43. The normalized spacial score (nSPS) is 9.00. The molecule has 0 atom stereocenters. The Morgan fingerprint density at radius 1 is 1.09 bits per heavy atom. The van der Waals surface area contributed by atoms with Crippen LogP contribution in [0, 0.1) is 20.8 Å². The Bertz CT molecular complexity index is 238. The van der Waals surface area contributed by atoms with E-state index in [1.807, 2.05) is 13.8 Å². The first-order valence-electron chi connectivity index (χ1n) is 3.44. The van der Waals surface area contributed by atoms with E-state index in [0.29, 0.717) is 0 Å². The van der Waals surface area contributed by atoms with Gasteiger partial charge < -0.3 is 1.43 Å². The quantitative estimate of drug-likeness (QED) is 0.383. The molecule has 0 aromatic heterocycles. The largest absolute Gasteiger partial charge is 1.00 e. The molecule has 0 aliphatic heterocycles. The van der Waals surface area contributed by atoms with Crippen molar-refractivity contribution in [3.63, 3.8) is 0 Å². The molecule has 0 unspecified atom stereocenters. The summed E-state index contributed by atoms with van der Waals surface area (Å²) in [6.07, 6.45) is 0. The van der Waals surface area contributed by atoms with E-state index in [4.69, 9.17) is 7.85 Å². The van der Waals surface area contributed by atoms with Gasteiger partial charge in [0.25, 0.3) is 0 Å². The smallest absolute Gasteiger partial charge is 1.00 e. The first-order chi connectivity index (χ1) is 4.61. The Kier molecular flexibility index (Phi) is 4.00. The van der Waals surface area contributed by atoms with E-state index in [0.717, 1.165) is 5.46 Å². The summed E-state index contributed by atoms with van der Waals surface area (Å²) in [5.41, 5.74) is 4.56. The van der Waals surface area contributed by atoms with Gasteiger partial charge in [-0.15, -0.1) is 0 Å². The second-order valence-corrected chi connectivity index (χ2v) is 2.81. The summed E-state index contributed by atoms with van der Waals surface area (Å²) in [5, 5.41) is 0. The van der Waals surface area contributed by atoms with Gasteiger partial charge in [-0.3, -0.25) is 0 Å². The summed E-state index contributed by atoms with van der Waals surface area (Å²) < 4.78 is 0. The maximum Gasteiger partial charge on any atom is 1.00 e. The van der Waals surface area contributed by atoms with E-state index in [9.17, 15) is 0 Å². The van der Waals surface area contributed by atoms with Crippen LogP contribution in [0.1, 0.15) is 18.1 Å². The van der Waals surface area contributed by atoms with Crippen LogP contribution >= 0.6 is 0 Å². The molecule has 11 heavy (non-hydrogen) atoms. The molecule has 0 bridgehead atoms. The van der Waals surface area contributed by atoms with Crippen LogP contribution in [0.4, 0.5) is 0 Å². The molecule has 0 spiro atoms. The zero-order valence-corrected chi connectivity index (χ0v) is 7.73. The molecule has 0 aliphatic carbocycles. The molecule has 1 aromatic rings. The Morgan fingerprint density at radius 2 is 1.45 bits per heavy atom. The summed E-state index contributed by atoms with van der Waals surface area (Å²) >= 11 is 0. The number of benzene rings is 1. The van der Waals surface area contributed by atoms with Crippen LogP contribution in [0.3, 0.4) is 0 Å². The first-order valence-corrected chi connectivity index (χ1v) is 3.44. The van der Waals surface area contributed by atoms with Gasteiger partial charge in [-0.2, -0.15) is 0 Å². The van der Waals surface area contributed by atoms with E-state index < -0.39 is 0 Å². The summed E-state index contributed by atoms with van der Waals surface area (Å²) in [5.74, 6) is 0. The van der Waals surface area contributed by atoms with Crippen molar-refractivity contribution in [3.05, 3.63) is 28.8 Å². The second kappa shape index (κ2) is 4.05. The number of rotatable bonds is 0. The van der Waals surface area contributed by atoms with Gasteiger partial charge >= 0.3 is 18.9 Å². The molecule has 1 rings (SSSR count). The zero-order valence-electron chi connectivity index (χ0n) is 8.73. The van der Waals surface area contributed by atoms with Crippen LogP contribution < -0.4 is 24.3 Å². The molecule has 0 saturated carbocycles. The predicted octanol–water partition coefficient (Wildman–Crippen LogP) is -1.48. The fourth-order valence-corrected chi connectivity index (χ4v) is 1.19. The molecular weight excluding hydrogens is 126 g/mol. The van der Waals surface area contributed by atoms with Crippen molar-refractivity contribution in [3.8, 4) is 0 Å². The van der Waals surface area contributed by atoms with Crippen molar-refractivity contribution in [2.45, 2.75) is 20.8 Å². The van der Waals surface area contributed by atoms with Gasteiger partial charge in [0.05, 0.1) is 0 Å². The van der Waals surface area contributed by atoms with Crippen molar-refractivity contribution in [2.75, 3.05) is 0 Å². The number of hydrogen-bond donors (Lipinski definition) is 0. The van der Waals surface area contributed by atoms with Crippen LogP contribution in [0.5, 0.6) is 0 Å². The van der Waals surface area contributed by atoms with Crippen molar-refractivity contribution in [1.29, 1.82) is 0 Å². The Labute approximate surface area is 83.5 Å². The van der Waals surface area contributed by atoms with E-state index >= 15 is 0 Å². The Morgan fingerprint density at radius 3 is 1.82 bits per heavy atom. The third-order valence-corrected chi connectivity index (χ3v) is 1.74. The molecule has 0 N–H and O–H groups in total. The van der Waals surface area contributed by atoms with E-state index in [-0.39, 0.29) is 20.3 Å². The molecular formula is C9H12BLi. The molecule has 0 aliphatic rings. The molecule has 2 heteroatoms. The topological polar surface area (TPSA) is 0 Å². The number of aryl methyl sites for hydroxylation is 3.